The number of carbonyl (C=O) groups excluding carboxylic acids is 1. The summed E-state index contributed by atoms with van der Waals surface area (Å²) in [5.41, 5.74) is -9.46. The monoisotopic (exact) mass is 603 g/mol. The van der Waals surface area contributed by atoms with E-state index in [0.717, 1.165) is 18.3 Å². The second-order valence-electron chi connectivity index (χ2n) is 9.59. The molecule has 0 radical (unpaired) electrons. The number of fused-ring (bicyclic) bond motifs is 1. The van der Waals surface area contributed by atoms with Crippen LogP contribution in [0.25, 0.3) is 0 Å². The van der Waals surface area contributed by atoms with Gasteiger partial charge in [-0.25, -0.2) is 0 Å². The Balaban J connectivity index is 1.73. The lowest BCUT2D eigenvalue weighted by Crippen LogP contribution is -2.32. The van der Waals surface area contributed by atoms with Crippen molar-refractivity contribution >= 4 is 26.0 Å². The lowest BCUT2D eigenvalue weighted by molar-refractivity contribution is -0.123. The Labute approximate surface area is 219 Å². The van der Waals surface area contributed by atoms with E-state index < -0.39 is 48.7 Å². The molecule has 17 heteroatoms. The largest absolute Gasteiger partial charge is 0.534 e. The molecule has 1 aliphatic heterocycles. The summed E-state index contributed by atoms with van der Waals surface area (Å²) in [7, 11) is -11.6. The predicted molar refractivity (Wildman–Crippen MR) is 123 cm³/mol. The maximum atomic E-state index is 13.0. The third kappa shape index (κ3) is 5.34. The van der Waals surface area contributed by atoms with Gasteiger partial charge in [0, 0.05) is 18.7 Å². The smallest absolute Gasteiger partial charge is 0.376 e. The van der Waals surface area contributed by atoms with Crippen molar-refractivity contribution in [1.29, 1.82) is 0 Å². The topological polar surface area (TPSA) is 124 Å². The lowest BCUT2D eigenvalue weighted by atomic mass is 9.68. The molecule has 1 aromatic heterocycles. The highest BCUT2D eigenvalue weighted by atomic mass is 32.2. The van der Waals surface area contributed by atoms with Crippen LogP contribution in [0.15, 0.2) is 18.3 Å². The molecule has 2 aliphatic rings. The number of benzene rings is 1. The third-order valence-electron chi connectivity index (χ3n) is 7.05. The first-order valence-electron chi connectivity index (χ1n) is 11.6. The molecule has 2 aromatic rings. The van der Waals surface area contributed by atoms with Crippen molar-refractivity contribution in [3.05, 3.63) is 46.3 Å². The van der Waals surface area contributed by atoms with Gasteiger partial charge in [-0.05, 0) is 85.8 Å². The van der Waals surface area contributed by atoms with Crippen molar-refractivity contribution in [3.8, 4) is 5.75 Å². The van der Waals surface area contributed by atoms with E-state index in [-0.39, 0.29) is 40.0 Å². The van der Waals surface area contributed by atoms with Gasteiger partial charge in [-0.3, -0.25) is 4.79 Å². The first-order valence-corrected chi connectivity index (χ1v) is 14.5. The van der Waals surface area contributed by atoms with Crippen LogP contribution < -0.4 is 9.50 Å². The fourth-order valence-corrected chi connectivity index (χ4v) is 6.58. The van der Waals surface area contributed by atoms with Gasteiger partial charge in [0.1, 0.15) is 5.75 Å². The third-order valence-corrected chi connectivity index (χ3v) is 9.30. The summed E-state index contributed by atoms with van der Waals surface area (Å²) in [5.74, 6) is -2.36. The Hall–Kier alpha value is -2.82. The van der Waals surface area contributed by atoms with Crippen LogP contribution in [0.1, 0.15) is 46.7 Å². The van der Waals surface area contributed by atoms with E-state index in [1.165, 1.54) is 13.8 Å². The number of halogens is 6. The lowest BCUT2D eigenvalue weighted by Gasteiger charge is -2.35. The van der Waals surface area contributed by atoms with Gasteiger partial charge in [-0.15, -0.1) is 0 Å². The van der Waals surface area contributed by atoms with Crippen LogP contribution in [0.2, 0.25) is 0 Å². The molecule has 216 valence electrons. The van der Waals surface area contributed by atoms with Crippen LogP contribution in [0, 0.1) is 25.7 Å². The molecular weight excluding hydrogens is 580 g/mol. The second kappa shape index (κ2) is 9.67. The molecule has 1 amide bonds. The molecule has 3 atom stereocenters. The summed E-state index contributed by atoms with van der Waals surface area (Å²) in [6.07, 6.45) is 1.79. The first kappa shape index (κ1) is 29.2. The molecule has 1 fully saturated rings. The van der Waals surface area contributed by atoms with Gasteiger partial charge in [0.15, 0.2) is 0 Å². The zero-order valence-electron chi connectivity index (χ0n) is 20.4. The van der Waals surface area contributed by atoms with Gasteiger partial charge in [0.05, 0.1) is 5.69 Å². The highest BCUT2D eigenvalue weighted by molar-refractivity contribution is 7.90. The molecule has 0 bridgehead atoms. The van der Waals surface area contributed by atoms with Gasteiger partial charge in [0.2, 0.25) is 5.91 Å². The van der Waals surface area contributed by atoms with Crippen molar-refractivity contribution in [2.45, 2.75) is 56.5 Å². The van der Waals surface area contributed by atoms with Crippen molar-refractivity contribution in [2.24, 2.45) is 11.8 Å². The number of aromatic nitrogens is 2. The second-order valence-corrected chi connectivity index (χ2v) is 12.9. The van der Waals surface area contributed by atoms with Crippen molar-refractivity contribution in [1.82, 2.24) is 14.5 Å². The summed E-state index contributed by atoms with van der Waals surface area (Å²) in [6, 6.07) is 2.24. The fourth-order valence-electron chi connectivity index (χ4n) is 5.45. The van der Waals surface area contributed by atoms with E-state index in [4.69, 9.17) is 0 Å². The van der Waals surface area contributed by atoms with Gasteiger partial charge in [0.25, 0.3) is 0 Å². The van der Waals surface area contributed by atoms with Crippen molar-refractivity contribution in [2.75, 3.05) is 6.54 Å². The number of carbonyl (C=O) groups is 1. The molecule has 1 aliphatic carbocycles. The molecule has 0 saturated carbocycles. The van der Waals surface area contributed by atoms with Crippen LogP contribution in [0.4, 0.5) is 26.3 Å². The standard InChI is InChI=1S/C22H23F6N3O6S2/c1-11-7-15(37-39(35,36)22(26,27)28)8-12(2)18(11)19(16-5-6-29-20(16)32)13-3-4-17-14(9-13)10-31(30-17)38(33,34)21(23,24)25/h7-8,10,13,16,19H,3-6,9H2,1-2H3,(H,29,32)/t13?,16-,19?/m1/s1. The normalized spacial score (nSPS) is 21.4. The zero-order chi connectivity index (χ0) is 29.1. The van der Waals surface area contributed by atoms with Gasteiger partial charge >= 0.3 is 31.2 Å². The minimum Gasteiger partial charge on any atom is -0.376 e. The van der Waals surface area contributed by atoms with E-state index in [0.29, 0.717) is 36.1 Å². The maximum Gasteiger partial charge on any atom is 0.534 e. The van der Waals surface area contributed by atoms with Gasteiger partial charge in [-0.2, -0.15) is 52.4 Å². The summed E-state index contributed by atoms with van der Waals surface area (Å²) >= 11 is 0. The number of alkyl halides is 6. The molecule has 1 aromatic carbocycles. The molecule has 2 unspecified atom stereocenters. The molecule has 39 heavy (non-hydrogen) atoms. The summed E-state index contributed by atoms with van der Waals surface area (Å²) in [6.45, 7) is 3.41. The van der Waals surface area contributed by atoms with E-state index in [1.54, 1.807) is 0 Å². The highest BCUT2D eigenvalue weighted by Gasteiger charge is 2.50. The number of hydrogen-bond acceptors (Lipinski definition) is 7. The number of nitrogens with zero attached hydrogens (tertiary/aromatic N) is 2. The Bertz CT molecular complexity index is 1490. The highest BCUT2D eigenvalue weighted by Crippen LogP contribution is 2.45. The zero-order valence-corrected chi connectivity index (χ0v) is 22.1. The van der Waals surface area contributed by atoms with Crippen LogP contribution in [-0.4, -0.2) is 49.5 Å². The number of aryl methyl sites for hydroxylation is 3. The van der Waals surface area contributed by atoms with Crippen LogP contribution in [0.3, 0.4) is 0 Å². The van der Waals surface area contributed by atoms with E-state index in [9.17, 15) is 48.0 Å². The molecular formula is C22H23F6N3O6S2. The number of rotatable bonds is 6. The van der Waals surface area contributed by atoms with Crippen molar-refractivity contribution < 1.29 is 52.2 Å². The number of nitrogens with one attached hydrogen (secondary N) is 1. The molecule has 0 spiro atoms. The van der Waals surface area contributed by atoms with E-state index >= 15 is 0 Å². The van der Waals surface area contributed by atoms with Crippen LogP contribution in [0.5, 0.6) is 5.75 Å². The van der Waals surface area contributed by atoms with E-state index in [1.807, 2.05) is 0 Å². The van der Waals surface area contributed by atoms with Gasteiger partial charge < -0.3 is 9.50 Å². The number of hydrogen-bond donors (Lipinski definition) is 1. The minimum absolute atomic E-state index is 0.0940. The molecule has 2 heterocycles. The van der Waals surface area contributed by atoms with Crippen LogP contribution >= 0.6 is 0 Å². The summed E-state index contributed by atoms with van der Waals surface area (Å²) < 4.78 is 128. The maximum absolute atomic E-state index is 13.0. The Morgan fingerprint density at radius 1 is 1.03 bits per heavy atom. The summed E-state index contributed by atoms with van der Waals surface area (Å²) in [5, 5.41) is 6.36. The quantitative estimate of drug-likeness (QED) is 0.305. The molecule has 1 N–H and O–H groups in total. The average molecular weight is 604 g/mol. The molecule has 4 rings (SSSR count). The Kier molecular flexibility index (Phi) is 7.24. The average Bonchev–Trinajstić information content (AvgIpc) is 3.40. The van der Waals surface area contributed by atoms with Crippen LogP contribution in [-0.2, 0) is 37.8 Å². The fraction of sp³-hybridized carbons (Fsp3) is 0.545. The van der Waals surface area contributed by atoms with Crippen molar-refractivity contribution in [3.63, 3.8) is 0 Å². The molecule has 1 saturated heterocycles. The Morgan fingerprint density at radius 3 is 2.15 bits per heavy atom. The summed E-state index contributed by atoms with van der Waals surface area (Å²) in [4.78, 5) is 12.7. The van der Waals surface area contributed by atoms with Gasteiger partial charge in [-0.1, -0.05) is 0 Å². The first-order chi connectivity index (χ1) is 17.8. The molecule has 9 nitrogen and oxygen atoms in total. The Morgan fingerprint density at radius 2 is 1.64 bits per heavy atom. The SMILES string of the molecule is Cc1cc(OS(=O)(=O)C(F)(F)F)cc(C)c1C(C1CCc2nn(S(=O)(=O)C(F)(F)F)cc2C1)[C@H]1CCNC1=O. The predicted octanol–water partition coefficient (Wildman–Crippen LogP) is 3.45. The van der Waals surface area contributed by atoms with E-state index in [2.05, 4.69) is 14.6 Å². The number of amides is 1. The minimum atomic E-state index is -5.92.